The van der Waals surface area contributed by atoms with E-state index in [2.05, 4.69) is 5.32 Å². The van der Waals surface area contributed by atoms with Crippen LogP contribution in [-0.2, 0) is 0 Å². The molecule has 0 spiro atoms. The zero-order chi connectivity index (χ0) is 10.9. The Balaban J connectivity index is 2.04. The number of rotatable bonds is 1. The smallest absolute Gasteiger partial charge is 0.316 e. The van der Waals surface area contributed by atoms with Crippen molar-refractivity contribution >= 4 is 0 Å². The van der Waals surface area contributed by atoms with Crippen LogP contribution in [0.5, 0.6) is 0 Å². The van der Waals surface area contributed by atoms with Crippen LogP contribution in [0, 0.1) is 11.8 Å². The van der Waals surface area contributed by atoms with E-state index in [-0.39, 0.29) is 6.42 Å². The Hall–Kier alpha value is -0.770. The molecule has 1 saturated heterocycles. The summed E-state index contributed by atoms with van der Waals surface area (Å²) in [5, 5.41) is 3.18. The quantitative estimate of drug-likeness (QED) is 0.712. The van der Waals surface area contributed by atoms with Gasteiger partial charge in [0.2, 0.25) is 0 Å². The van der Waals surface area contributed by atoms with Gasteiger partial charge in [0.1, 0.15) is 0 Å². The first-order chi connectivity index (χ1) is 7.07. The Bertz CT molecular complexity index is 285. The van der Waals surface area contributed by atoms with Gasteiger partial charge in [0.25, 0.3) is 0 Å². The maximum Gasteiger partial charge on any atom is 0.395 e. The predicted molar refractivity (Wildman–Crippen MR) is 52.4 cm³/mol. The van der Waals surface area contributed by atoms with E-state index in [4.69, 9.17) is 0 Å². The van der Waals surface area contributed by atoms with Crippen molar-refractivity contribution in [3.63, 3.8) is 0 Å². The maximum atomic E-state index is 12.5. The number of nitrogens with one attached hydrogen (secondary N) is 1. The van der Waals surface area contributed by atoms with Crippen LogP contribution >= 0.6 is 0 Å². The van der Waals surface area contributed by atoms with Gasteiger partial charge in [0, 0.05) is 6.54 Å². The summed E-state index contributed by atoms with van der Waals surface area (Å²) < 4.78 is 37.5. The third-order valence-electron chi connectivity index (χ3n) is 3.11. The van der Waals surface area contributed by atoms with Crippen molar-refractivity contribution in [1.29, 1.82) is 0 Å². The molecule has 1 heterocycles. The molecule has 0 bridgehead atoms. The average Bonchev–Trinajstić information content (AvgIpc) is 2.69. The van der Waals surface area contributed by atoms with Crippen molar-refractivity contribution in [2.45, 2.75) is 19.0 Å². The third kappa shape index (κ3) is 2.43. The van der Waals surface area contributed by atoms with Crippen LogP contribution in [0.25, 0.3) is 0 Å². The highest BCUT2D eigenvalue weighted by Crippen LogP contribution is 2.37. The molecule has 0 radical (unpaired) electrons. The van der Waals surface area contributed by atoms with Crippen LogP contribution in [0.3, 0.4) is 0 Å². The molecule has 1 nitrogen and oxygen atoms in total. The number of allylic oxidation sites excluding steroid dienone is 3. The highest BCUT2D eigenvalue weighted by Gasteiger charge is 2.39. The summed E-state index contributed by atoms with van der Waals surface area (Å²) in [5.41, 5.74) is 0.949. The summed E-state index contributed by atoms with van der Waals surface area (Å²) in [7, 11) is 0. The monoisotopic (exact) mass is 217 g/mol. The molecule has 84 valence electrons. The van der Waals surface area contributed by atoms with Crippen molar-refractivity contribution in [1.82, 2.24) is 5.32 Å². The van der Waals surface area contributed by atoms with Crippen molar-refractivity contribution in [2.75, 3.05) is 13.1 Å². The van der Waals surface area contributed by atoms with Gasteiger partial charge in [0.15, 0.2) is 0 Å². The van der Waals surface area contributed by atoms with Gasteiger partial charge in [-0.25, -0.2) is 0 Å². The lowest BCUT2D eigenvalue weighted by atomic mass is 9.85. The lowest BCUT2D eigenvalue weighted by Crippen LogP contribution is -2.24. The molecule has 0 saturated carbocycles. The predicted octanol–water partition coefficient (Wildman–Crippen LogP) is 2.66. The van der Waals surface area contributed by atoms with E-state index in [0.717, 1.165) is 25.1 Å². The highest BCUT2D eigenvalue weighted by molar-refractivity contribution is 5.23. The summed E-state index contributed by atoms with van der Waals surface area (Å²) >= 11 is 0. The van der Waals surface area contributed by atoms with E-state index >= 15 is 0 Å². The van der Waals surface area contributed by atoms with Crippen molar-refractivity contribution in [2.24, 2.45) is 11.8 Å². The van der Waals surface area contributed by atoms with E-state index in [1.54, 1.807) is 6.08 Å². The van der Waals surface area contributed by atoms with Gasteiger partial charge in [0.05, 0.1) is 5.92 Å². The molecule has 0 amide bonds. The van der Waals surface area contributed by atoms with E-state index in [9.17, 15) is 13.2 Å². The molecule has 0 aromatic rings. The second-order valence-corrected chi connectivity index (χ2v) is 4.17. The molecule has 2 aliphatic rings. The Morgan fingerprint density at radius 2 is 2.13 bits per heavy atom. The van der Waals surface area contributed by atoms with Crippen molar-refractivity contribution in [3.05, 3.63) is 23.8 Å². The van der Waals surface area contributed by atoms with Gasteiger partial charge in [-0.3, -0.25) is 0 Å². The fourth-order valence-electron chi connectivity index (χ4n) is 2.20. The van der Waals surface area contributed by atoms with Crippen LogP contribution in [0.4, 0.5) is 13.2 Å². The maximum absolute atomic E-state index is 12.5. The van der Waals surface area contributed by atoms with E-state index < -0.39 is 12.1 Å². The first-order valence-corrected chi connectivity index (χ1v) is 5.22. The minimum atomic E-state index is -4.10. The molecular formula is C11H14F3N. The highest BCUT2D eigenvalue weighted by atomic mass is 19.4. The number of hydrogen-bond donors (Lipinski definition) is 1. The molecule has 1 fully saturated rings. The Labute approximate surface area is 87.0 Å². The van der Waals surface area contributed by atoms with Crippen LogP contribution in [0.15, 0.2) is 23.8 Å². The van der Waals surface area contributed by atoms with Gasteiger partial charge in [-0.2, -0.15) is 13.2 Å². The lowest BCUT2D eigenvalue weighted by molar-refractivity contribution is -0.161. The van der Waals surface area contributed by atoms with Gasteiger partial charge in [-0.1, -0.05) is 23.8 Å². The minimum absolute atomic E-state index is 0.145. The van der Waals surface area contributed by atoms with Crippen LogP contribution < -0.4 is 5.32 Å². The molecule has 4 heteroatoms. The lowest BCUT2D eigenvalue weighted by Gasteiger charge is -2.24. The molecule has 1 aliphatic carbocycles. The zero-order valence-electron chi connectivity index (χ0n) is 8.35. The largest absolute Gasteiger partial charge is 0.395 e. The van der Waals surface area contributed by atoms with Crippen LogP contribution in [0.1, 0.15) is 12.8 Å². The zero-order valence-corrected chi connectivity index (χ0v) is 8.35. The van der Waals surface area contributed by atoms with Crippen molar-refractivity contribution < 1.29 is 13.2 Å². The third-order valence-corrected chi connectivity index (χ3v) is 3.11. The van der Waals surface area contributed by atoms with Gasteiger partial charge in [-0.05, 0) is 25.3 Å². The van der Waals surface area contributed by atoms with E-state index in [1.807, 2.05) is 6.08 Å². The van der Waals surface area contributed by atoms with Crippen molar-refractivity contribution in [3.8, 4) is 0 Å². The Morgan fingerprint density at radius 3 is 2.73 bits per heavy atom. The van der Waals surface area contributed by atoms with Crippen LogP contribution in [0.2, 0.25) is 0 Å². The topological polar surface area (TPSA) is 12.0 Å². The van der Waals surface area contributed by atoms with E-state index in [1.165, 1.54) is 6.08 Å². The van der Waals surface area contributed by atoms with Gasteiger partial charge < -0.3 is 5.32 Å². The molecule has 2 unspecified atom stereocenters. The SMILES string of the molecule is FC(F)(F)C1C=CC=C(C2CCNC2)C1. The first-order valence-electron chi connectivity index (χ1n) is 5.22. The Morgan fingerprint density at radius 1 is 1.33 bits per heavy atom. The number of alkyl halides is 3. The molecule has 0 aromatic carbocycles. The molecule has 2 atom stereocenters. The van der Waals surface area contributed by atoms with Crippen LogP contribution in [-0.4, -0.2) is 19.3 Å². The summed E-state index contributed by atoms with van der Waals surface area (Å²) in [5.74, 6) is -0.974. The first kappa shape index (κ1) is 10.7. The molecular weight excluding hydrogens is 203 g/mol. The normalized spacial score (nSPS) is 31.8. The molecule has 1 N–H and O–H groups in total. The summed E-state index contributed by atoms with van der Waals surface area (Å²) in [4.78, 5) is 0. The number of halogens is 3. The second kappa shape index (κ2) is 4.00. The van der Waals surface area contributed by atoms with E-state index in [0.29, 0.717) is 5.92 Å². The fraction of sp³-hybridized carbons (Fsp3) is 0.636. The molecule has 1 aliphatic heterocycles. The molecule has 15 heavy (non-hydrogen) atoms. The van der Waals surface area contributed by atoms with Gasteiger partial charge >= 0.3 is 6.18 Å². The number of hydrogen-bond acceptors (Lipinski definition) is 1. The summed E-state index contributed by atoms with van der Waals surface area (Å²) in [6.45, 7) is 1.74. The fourth-order valence-corrected chi connectivity index (χ4v) is 2.20. The second-order valence-electron chi connectivity index (χ2n) is 4.17. The minimum Gasteiger partial charge on any atom is -0.316 e. The Kier molecular flexibility index (Phi) is 2.87. The van der Waals surface area contributed by atoms with Gasteiger partial charge in [-0.15, -0.1) is 0 Å². The standard InChI is InChI=1S/C11H14F3N/c12-11(13,14)10-3-1-2-8(6-10)9-4-5-15-7-9/h1-3,9-10,15H,4-7H2. The molecule has 2 rings (SSSR count). The molecule has 0 aromatic heterocycles. The summed E-state index contributed by atoms with van der Waals surface area (Å²) in [6.07, 6.45) is 1.67. The summed E-state index contributed by atoms with van der Waals surface area (Å²) in [6, 6.07) is 0. The average molecular weight is 217 g/mol.